The number of carbonyl (C=O) groups excluding carboxylic acids is 3. The summed E-state index contributed by atoms with van der Waals surface area (Å²) in [7, 11) is 0. The molecule has 2 aromatic heterocycles. The Hall–Kier alpha value is -6.20. The molecular formula is C39H35F3N8O3. The molecule has 0 spiro atoms. The van der Waals surface area contributed by atoms with E-state index in [2.05, 4.69) is 42.8 Å². The highest BCUT2D eigenvalue weighted by molar-refractivity contribution is 6.04. The van der Waals surface area contributed by atoms with Gasteiger partial charge >= 0.3 is 6.18 Å². The smallest absolute Gasteiger partial charge is 0.374 e. The number of nitrogens with one attached hydrogen (secondary N) is 3. The fourth-order valence-electron chi connectivity index (χ4n) is 6.41. The van der Waals surface area contributed by atoms with Crippen LogP contribution in [0.5, 0.6) is 0 Å². The van der Waals surface area contributed by atoms with Crippen LogP contribution in [-0.4, -0.2) is 69.4 Å². The summed E-state index contributed by atoms with van der Waals surface area (Å²) in [6.07, 6.45) is -0.688. The molecule has 4 heterocycles. The van der Waals surface area contributed by atoms with E-state index in [4.69, 9.17) is 0 Å². The lowest BCUT2D eigenvalue weighted by Gasteiger charge is -2.37. The van der Waals surface area contributed by atoms with Crippen molar-refractivity contribution in [2.24, 2.45) is 0 Å². The number of hydrogen-bond acceptors (Lipinski definition) is 8. The van der Waals surface area contributed by atoms with Crippen LogP contribution in [0.2, 0.25) is 0 Å². The first-order valence-electron chi connectivity index (χ1n) is 17.1. The van der Waals surface area contributed by atoms with Crippen LogP contribution in [0.1, 0.15) is 51.1 Å². The number of piperazine rings is 1. The van der Waals surface area contributed by atoms with Gasteiger partial charge in [0.25, 0.3) is 5.91 Å². The van der Waals surface area contributed by atoms with E-state index >= 15 is 0 Å². The lowest BCUT2D eigenvalue weighted by atomic mass is 10.0. The van der Waals surface area contributed by atoms with Gasteiger partial charge in [0.05, 0.1) is 11.8 Å². The normalized spacial score (nSPS) is 16.5. The Balaban J connectivity index is 0.978. The number of aryl methyl sites for hydroxylation is 1. The van der Waals surface area contributed by atoms with Gasteiger partial charge in [0.2, 0.25) is 11.8 Å². The maximum atomic E-state index is 14.4. The SMILES string of the molecule is Cc1ccc(C(=O)Nc2ccc(N3CCN(Cc4ccc(NC5CCC(=O)NC5=O)cc4)CC3)c(C(F)(F)F)c2)cc1C#Cc1cnc2cccnn12. The third kappa shape index (κ3) is 8.15. The minimum atomic E-state index is -4.64. The largest absolute Gasteiger partial charge is 0.418 e. The highest BCUT2D eigenvalue weighted by Crippen LogP contribution is 2.39. The number of hydrogen-bond donors (Lipinski definition) is 3. The number of halogens is 3. The molecule has 2 fully saturated rings. The zero-order valence-electron chi connectivity index (χ0n) is 28.7. The molecule has 1 unspecified atom stereocenters. The Morgan fingerprint density at radius 3 is 2.49 bits per heavy atom. The van der Waals surface area contributed by atoms with Gasteiger partial charge in [-0.25, -0.2) is 9.50 Å². The predicted octanol–water partition coefficient (Wildman–Crippen LogP) is 5.25. The minimum Gasteiger partial charge on any atom is -0.374 e. The first kappa shape index (κ1) is 35.2. The van der Waals surface area contributed by atoms with Crippen LogP contribution >= 0.6 is 0 Å². The van der Waals surface area contributed by atoms with Crippen LogP contribution < -0.4 is 20.9 Å². The molecule has 0 aliphatic carbocycles. The van der Waals surface area contributed by atoms with E-state index in [1.165, 1.54) is 12.1 Å². The van der Waals surface area contributed by atoms with E-state index in [0.29, 0.717) is 56.0 Å². The molecular weight excluding hydrogens is 685 g/mol. The van der Waals surface area contributed by atoms with Gasteiger partial charge in [0, 0.05) is 73.5 Å². The van der Waals surface area contributed by atoms with Gasteiger partial charge in [0.1, 0.15) is 11.7 Å². The molecule has 1 atom stereocenters. The summed E-state index contributed by atoms with van der Waals surface area (Å²) in [5.41, 5.74) is 3.97. The van der Waals surface area contributed by atoms with Crippen molar-refractivity contribution in [1.29, 1.82) is 0 Å². The zero-order valence-corrected chi connectivity index (χ0v) is 28.7. The number of benzene rings is 3. The molecule has 7 rings (SSSR count). The topological polar surface area (TPSA) is 124 Å². The summed E-state index contributed by atoms with van der Waals surface area (Å²) in [4.78, 5) is 44.9. The Morgan fingerprint density at radius 1 is 0.962 bits per heavy atom. The monoisotopic (exact) mass is 720 g/mol. The molecule has 2 aliphatic heterocycles. The summed E-state index contributed by atoms with van der Waals surface area (Å²) in [5, 5.41) is 12.4. The van der Waals surface area contributed by atoms with Crippen LogP contribution in [0.25, 0.3) is 5.65 Å². The molecule has 5 aromatic rings. The van der Waals surface area contributed by atoms with Crippen molar-refractivity contribution in [3.63, 3.8) is 0 Å². The number of rotatable bonds is 7. The number of anilines is 3. The van der Waals surface area contributed by atoms with E-state index in [0.717, 1.165) is 22.9 Å². The van der Waals surface area contributed by atoms with Gasteiger partial charge in [-0.05, 0) is 85.0 Å². The third-order valence-electron chi connectivity index (χ3n) is 9.32. The van der Waals surface area contributed by atoms with Crippen molar-refractivity contribution in [3.8, 4) is 11.8 Å². The highest BCUT2D eigenvalue weighted by Gasteiger charge is 2.36. The molecule has 3 N–H and O–H groups in total. The molecule has 2 saturated heterocycles. The van der Waals surface area contributed by atoms with Gasteiger partial charge in [-0.1, -0.05) is 24.1 Å². The number of nitrogens with zero attached hydrogens (tertiary/aromatic N) is 5. The van der Waals surface area contributed by atoms with Crippen molar-refractivity contribution in [2.45, 2.75) is 38.5 Å². The number of alkyl halides is 3. The van der Waals surface area contributed by atoms with Gasteiger partial charge in [-0.3, -0.25) is 24.6 Å². The lowest BCUT2D eigenvalue weighted by molar-refractivity contribution is -0.137. The molecule has 0 radical (unpaired) electrons. The molecule has 11 nitrogen and oxygen atoms in total. The standard InChI is InChI=1S/C39H35F3N8O3/c1-25-4-7-28(21-27(25)8-12-31-23-43-35-3-2-16-44-50(31)35)37(52)46-30-11-14-34(32(22-30)39(40,41)42)49-19-17-48(18-20-49)24-26-5-9-29(10-6-26)45-33-13-15-36(51)47-38(33)53/h2-7,9-11,14,16,21-23,33,45H,13,15,17-20,24H2,1H3,(H,46,52)(H,47,51,53). The van der Waals surface area contributed by atoms with E-state index in [-0.39, 0.29) is 35.2 Å². The maximum Gasteiger partial charge on any atom is 0.418 e. The van der Waals surface area contributed by atoms with E-state index in [1.54, 1.807) is 46.1 Å². The van der Waals surface area contributed by atoms with Crippen LogP contribution in [0, 0.1) is 18.8 Å². The summed E-state index contributed by atoms with van der Waals surface area (Å²) in [6.45, 7) is 4.37. The first-order chi connectivity index (χ1) is 25.5. The van der Waals surface area contributed by atoms with Crippen LogP contribution in [0.15, 0.2) is 85.2 Å². The van der Waals surface area contributed by atoms with Gasteiger partial charge in [-0.2, -0.15) is 18.3 Å². The molecule has 53 heavy (non-hydrogen) atoms. The molecule has 0 bridgehead atoms. The third-order valence-corrected chi connectivity index (χ3v) is 9.32. The van der Waals surface area contributed by atoms with Gasteiger partial charge < -0.3 is 15.5 Å². The summed E-state index contributed by atoms with van der Waals surface area (Å²) in [5.74, 6) is 4.93. The summed E-state index contributed by atoms with van der Waals surface area (Å²) >= 11 is 0. The quantitative estimate of drug-likeness (QED) is 0.154. The predicted molar refractivity (Wildman–Crippen MR) is 193 cm³/mol. The Morgan fingerprint density at radius 2 is 1.74 bits per heavy atom. The fourth-order valence-corrected chi connectivity index (χ4v) is 6.41. The summed E-state index contributed by atoms with van der Waals surface area (Å²) < 4.78 is 44.8. The van der Waals surface area contributed by atoms with Crippen molar-refractivity contribution in [2.75, 3.05) is 41.7 Å². The van der Waals surface area contributed by atoms with Crippen LogP contribution in [0.3, 0.4) is 0 Å². The summed E-state index contributed by atoms with van der Waals surface area (Å²) in [6, 6.07) is 19.6. The number of imide groups is 1. The van der Waals surface area contributed by atoms with Crippen molar-refractivity contribution < 1.29 is 27.6 Å². The molecule has 3 amide bonds. The van der Waals surface area contributed by atoms with E-state index < -0.39 is 23.7 Å². The average molecular weight is 721 g/mol. The molecule has 270 valence electrons. The maximum absolute atomic E-state index is 14.4. The number of aromatic nitrogens is 3. The van der Waals surface area contributed by atoms with Gasteiger partial charge in [-0.15, -0.1) is 0 Å². The minimum absolute atomic E-state index is 0.0327. The number of amides is 3. The second kappa shape index (κ2) is 14.8. The number of fused-ring (bicyclic) bond motifs is 1. The van der Waals surface area contributed by atoms with Gasteiger partial charge in [0.15, 0.2) is 5.65 Å². The van der Waals surface area contributed by atoms with E-state index in [9.17, 15) is 27.6 Å². The molecule has 14 heteroatoms. The second-order valence-electron chi connectivity index (χ2n) is 13.0. The Bertz CT molecular complexity index is 2250. The average Bonchev–Trinajstić information content (AvgIpc) is 3.56. The lowest BCUT2D eigenvalue weighted by Crippen LogP contribution is -2.47. The number of carbonyl (C=O) groups is 3. The van der Waals surface area contributed by atoms with Crippen LogP contribution in [-0.2, 0) is 22.3 Å². The number of imidazole rings is 1. The van der Waals surface area contributed by atoms with Crippen LogP contribution in [0.4, 0.5) is 30.2 Å². The molecule has 3 aromatic carbocycles. The fraction of sp³-hybridized carbons (Fsp3) is 0.256. The Kier molecular flexibility index (Phi) is 9.84. The molecule has 0 saturated carbocycles. The number of piperidine rings is 1. The van der Waals surface area contributed by atoms with Crippen molar-refractivity contribution in [1.82, 2.24) is 24.8 Å². The highest BCUT2D eigenvalue weighted by atomic mass is 19.4. The van der Waals surface area contributed by atoms with Crippen molar-refractivity contribution >= 4 is 40.4 Å². The van der Waals surface area contributed by atoms with Crippen molar-refractivity contribution in [3.05, 3.63) is 119 Å². The first-order valence-corrected chi connectivity index (χ1v) is 17.1. The zero-order chi connectivity index (χ0) is 37.1. The second-order valence-corrected chi connectivity index (χ2v) is 13.0. The molecule has 2 aliphatic rings. The Labute approximate surface area is 303 Å². The van der Waals surface area contributed by atoms with E-state index in [1.807, 2.05) is 37.3 Å².